The Bertz CT molecular complexity index is 1460. The van der Waals surface area contributed by atoms with Crippen LogP contribution in [0.25, 0.3) is 0 Å². The molecule has 0 aliphatic carbocycles. The van der Waals surface area contributed by atoms with Gasteiger partial charge in [-0.25, -0.2) is 0 Å². The first-order chi connectivity index (χ1) is 40.5. The van der Waals surface area contributed by atoms with Crippen LogP contribution in [-0.4, -0.2) is 37.2 Å². The Labute approximate surface area is 510 Å². The number of esters is 3. The zero-order chi connectivity index (χ0) is 59.2. The Morgan fingerprint density at radius 3 is 0.817 bits per heavy atom. The molecule has 0 aromatic carbocycles. The summed E-state index contributed by atoms with van der Waals surface area (Å²) in [5.74, 6) is -0.959. The van der Waals surface area contributed by atoms with Gasteiger partial charge in [-0.2, -0.15) is 0 Å². The third-order valence-electron chi connectivity index (χ3n) is 16.3. The standard InChI is InChI=1S/C76H138O6/c1-4-7-10-13-16-19-22-25-27-29-31-32-33-34-35-36-37-38-39-40-41-42-43-45-46-48-51-54-57-60-63-66-69-75(78)81-72-73(71-80-74(77)68-65-62-59-56-53-50-24-21-18-15-12-9-6-3)82-76(79)70-67-64-61-58-55-52-49-47-44-30-28-26-23-20-17-14-11-8-5-2/h9,12,18,21,26,28,50,53,59,62,73H,4-8,10-11,13-17,19-20,22-25,27,29-49,51-52,54-58,60-61,63-72H2,1-3H3/b12-9-,21-18-,28-26-,53-50-,62-59-. The molecule has 0 bridgehead atoms. The minimum Gasteiger partial charge on any atom is -0.462 e. The van der Waals surface area contributed by atoms with Gasteiger partial charge in [0, 0.05) is 19.3 Å². The average molecular weight is 1150 g/mol. The van der Waals surface area contributed by atoms with Gasteiger partial charge in [-0.15, -0.1) is 0 Å². The summed E-state index contributed by atoms with van der Waals surface area (Å²) in [5, 5.41) is 0. The monoisotopic (exact) mass is 1150 g/mol. The van der Waals surface area contributed by atoms with Crippen LogP contribution in [0.15, 0.2) is 60.8 Å². The van der Waals surface area contributed by atoms with Gasteiger partial charge in [-0.3, -0.25) is 14.4 Å². The van der Waals surface area contributed by atoms with E-state index >= 15 is 0 Å². The van der Waals surface area contributed by atoms with Crippen LogP contribution < -0.4 is 0 Å². The second-order valence-corrected chi connectivity index (χ2v) is 24.5. The molecule has 6 heteroatoms. The summed E-state index contributed by atoms with van der Waals surface area (Å²) in [7, 11) is 0. The van der Waals surface area contributed by atoms with Crippen molar-refractivity contribution in [2.24, 2.45) is 0 Å². The van der Waals surface area contributed by atoms with Gasteiger partial charge in [0.2, 0.25) is 0 Å². The second kappa shape index (κ2) is 70.6. The van der Waals surface area contributed by atoms with E-state index in [0.717, 1.165) is 64.2 Å². The van der Waals surface area contributed by atoms with Crippen LogP contribution in [0, 0.1) is 0 Å². The molecule has 1 unspecified atom stereocenters. The van der Waals surface area contributed by atoms with Crippen molar-refractivity contribution >= 4 is 17.9 Å². The van der Waals surface area contributed by atoms with Crippen LogP contribution >= 0.6 is 0 Å². The molecule has 0 saturated carbocycles. The van der Waals surface area contributed by atoms with Crippen LogP contribution in [0.5, 0.6) is 0 Å². The highest BCUT2D eigenvalue weighted by Crippen LogP contribution is 2.19. The third-order valence-corrected chi connectivity index (χ3v) is 16.3. The molecule has 0 aromatic heterocycles. The van der Waals surface area contributed by atoms with Crippen LogP contribution in [0.2, 0.25) is 0 Å². The van der Waals surface area contributed by atoms with E-state index in [0.29, 0.717) is 19.3 Å². The number of allylic oxidation sites excluding steroid dienone is 10. The van der Waals surface area contributed by atoms with Crippen molar-refractivity contribution in [2.75, 3.05) is 13.2 Å². The highest BCUT2D eigenvalue weighted by Gasteiger charge is 2.19. The Balaban J connectivity index is 4.16. The molecular formula is C76H138O6. The summed E-state index contributed by atoms with van der Waals surface area (Å²) in [6.45, 7) is 6.52. The lowest BCUT2D eigenvalue weighted by molar-refractivity contribution is -0.166. The summed E-state index contributed by atoms with van der Waals surface area (Å²) in [4.78, 5) is 38.3. The number of unbranched alkanes of at least 4 members (excludes halogenated alkanes) is 46. The summed E-state index contributed by atoms with van der Waals surface area (Å²) >= 11 is 0. The number of ether oxygens (including phenoxy) is 3. The molecule has 0 heterocycles. The zero-order valence-corrected chi connectivity index (χ0v) is 55.0. The van der Waals surface area contributed by atoms with Gasteiger partial charge in [0.1, 0.15) is 13.2 Å². The quantitative estimate of drug-likeness (QED) is 0.0261. The number of carbonyl (C=O) groups excluding carboxylic acids is 3. The molecule has 0 spiro atoms. The second-order valence-electron chi connectivity index (χ2n) is 24.5. The van der Waals surface area contributed by atoms with Crippen molar-refractivity contribution in [3.63, 3.8) is 0 Å². The lowest BCUT2D eigenvalue weighted by Gasteiger charge is -2.18. The molecule has 1 atom stereocenters. The van der Waals surface area contributed by atoms with E-state index in [9.17, 15) is 14.4 Å². The summed E-state index contributed by atoms with van der Waals surface area (Å²) in [6.07, 6.45) is 91.5. The molecule has 0 aromatic rings. The normalized spacial score (nSPS) is 12.4. The van der Waals surface area contributed by atoms with Gasteiger partial charge < -0.3 is 14.2 Å². The summed E-state index contributed by atoms with van der Waals surface area (Å²) in [5.41, 5.74) is 0. The van der Waals surface area contributed by atoms with E-state index in [2.05, 4.69) is 75.5 Å². The van der Waals surface area contributed by atoms with Crippen LogP contribution in [0.1, 0.15) is 387 Å². The van der Waals surface area contributed by atoms with Gasteiger partial charge in [0.25, 0.3) is 0 Å². The lowest BCUT2D eigenvalue weighted by Crippen LogP contribution is -2.30. The highest BCUT2D eigenvalue weighted by molar-refractivity contribution is 5.71. The predicted molar refractivity (Wildman–Crippen MR) is 358 cm³/mol. The van der Waals surface area contributed by atoms with Crippen molar-refractivity contribution in [3.8, 4) is 0 Å². The summed E-state index contributed by atoms with van der Waals surface area (Å²) in [6, 6.07) is 0. The Morgan fingerprint density at radius 1 is 0.256 bits per heavy atom. The van der Waals surface area contributed by atoms with Gasteiger partial charge in [0.15, 0.2) is 6.10 Å². The molecular weight excluding hydrogens is 1010 g/mol. The largest absolute Gasteiger partial charge is 0.462 e. The number of carbonyl (C=O) groups is 3. The molecule has 82 heavy (non-hydrogen) atoms. The fourth-order valence-corrected chi connectivity index (χ4v) is 10.9. The van der Waals surface area contributed by atoms with E-state index in [1.54, 1.807) is 0 Å². The molecule has 0 radical (unpaired) electrons. The van der Waals surface area contributed by atoms with Crippen molar-refractivity contribution in [3.05, 3.63) is 60.8 Å². The molecule has 478 valence electrons. The molecule has 0 amide bonds. The maximum Gasteiger partial charge on any atom is 0.306 e. The number of hydrogen-bond acceptors (Lipinski definition) is 6. The fraction of sp³-hybridized carbons (Fsp3) is 0.829. The topological polar surface area (TPSA) is 78.9 Å². The minimum atomic E-state index is -0.804. The summed E-state index contributed by atoms with van der Waals surface area (Å²) < 4.78 is 16.9. The molecule has 0 aliphatic heterocycles. The van der Waals surface area contributed by atoms with Gasteiger partial charge in [0.05, 0.1) is 0 Å². The Hall–Kier alpha value is -2.89. The third kappa shape index (κ3) is 67.9. The van der Waals surface area contributed by atoms with Crippen LogP contribution in [0.3, 0.4) is 0 Å². The highest BCUT2D eigenvalue weighted by atomic mass is 16.6. The molecule has 6 nitrogen and oxygen atoms in total. The first kappa shape index (κ1) is 79.1. The van der Waals surface area contributed by atoms with Crippen LogP contribution in [-0.2, 0) is 28.6 Å². The van der Waals surface area contributed by atoms with E-state index < -0.39 is 6.10 Å². The lowest BCUT2D eigenvalue weighted by atomic mass is 10.0. The smallest absolute Gasteiger partial charge is 0.306 e. The maximum absolute atomic E-state index is 12.9. The van der Waals surface area contributed by atoms with Crippen molar-refractivity contribution in [1.82, 2.24) is 0 Å². The van der Waals surface area contributed by atoms with Crippen molar-refractivity contribution in [1.29, 1.82) is 0 Å². The van der Waals surface area contributed by atoms with E-state index in [-0.39, 0.29) is 37.5 Å². The van der Waals surface area contributed by atoms with Gasteiger partial charge in [-0.05, 0) is 70.6 Å². The van der Waals surface area contributed by atoms with Gasteiger partial charge >= 0.3 is 17.9 Å². The molecule has 0 N–H and O–H groups in total. The van der Waals surface area contributed by atoms with E-state index in [4.69, 9.17) is 14.2 Å². The zero-order valence-electron chi connectivity index (χ0n) is 55.0. The Morgan fingerprint density at radius 2 is 0.500 bits per heavy atom. The number of hydrogen-bond donors (Lipinski definition) is 0. The molecule has 0 saturated heterocycles. The first-order valence-corrected chi connectivity index (χ1v) is 36.3. The molecule has 0 fully saturated rings. The van der Waals surface area contributed by atoms with Gasteiger partial charge in [-0.1, -0.05) is 358 Å². The number of rotatable bonds is 67. The molecule has 0 aliphatic rings. The van der Waals surface area contributed by atoms with E-state index in [1.165, 1.54) is 276 Å². The minimum absolute atomic E-state index is 0.0934. The van der Waals surface area contributed by atoms with E-state index in [1.807, 2.05) is 6.08 Å². The van der Waals surface area contributed by atoms with Crippen LogP contribution in [0.4, 0.5) is 0 Å². The van der Waals surface area contributed by atoms with Crippen molar-refractivity contribution < 1.29 is 28.6 Å². The maximum atomic E-state index is 12.9. The Kier molecular flexibility index (Phi) is 68.1. The average Bonchev–Trinajstić information content (AvgIpc) is 3.47. The first-order valence-electron chi connectivity index (χ1n) is 36.3. The predicted octanol–water partition coefficient (Wildman–Crippen LogP) is 25.1. The molecule has 0 rings (SSSR count). The SMILES string of the molecule is CC/C=C\C/C=C\C/C=C\C/C=C\CCC(=O)OCC(COC(=O)CCCCCCCCCCCCCCCCCCCCCCCCCCCCCCCCCC)OC(=O)CCCCCCCCCCC/C=C\CCCCCCCC. The fourth-order valence-electron chi connectivity index (χ4n) is 10.9. The van der Waals surface area contributed by atoms with Crippen molar-refractivity contribution in [2.45, 2.75) is 393 Å².